The number of carbonyl (C=O) groups is 3. The van der Waals surface area contributed by atoms with Crippen molar-refractivity contribution in [2.75, 3.05) is 19.6 Å². The number of nitrogens with zero attached hydrogens (tertiary/aromatic N) is 3. The monoisotopic (exact) mass is 388 g/mol. The third-order valence-corrected chi connectivity index (χ3v) is 6.44. The molecule has 0 aromatic carbocycles. The fraction of sp³-hybridized carbons (Fsp3) is 0.700. The zero-order valence-electron chi connectivity index (χ0n) is 16.7. The third kappa shape index (κ3) is 3.29. The smallest absolute Gasteiger partial charge is 0.291 e. The molecule has 28 heavy (non-hydrogen) atoms. The highest BCUT2D eigenvalue weighted by atomic mass is 16.4. The van der Waals surface area contributed by atoms with E-state index in [1.165, 1.54) is 6.92 Å². The van der Waals surface area contributed by atoms with Crippen LogP contribution in [0.4, 0.5) is 0 Å². The molecule has 1 aromatic heterocycles. The molecule has 2 bridgehead atoms. The van der Waals surface area contributed by atoms with Crippen molar-refractivity contribution in [2.24, 2.45) is 11.8 Å². The number of hydrogen-bond acceptors (Lipinski definition) is 5. The predicted molar refractivity (Wildman–Crippen MR) is 100 cm³/mol. The SMILES string of the molecule is CC(=O)NC[C@H]1[C@H]2C[C@H](CN(C(=O)c3oc(C)nc3C)C2)[C@@H]2CCCC(=O)N21. The number of oxazole rings is 1. The van der Waals surface area contributed by atoms with Crippen molar-refractivity contribution < 1.29 is 18.8 Å². The topological polar surface area (TPSA) is 95.7 Å². The molecule has 3 saturated heterocycles. The van der Waals surface area contributed by atoms with Crippen molar-refractivity contribution in [1.29, 1.82) is 0 Å². The van der Waals surface area contributed by atoms with E-state index in [0.717, 1.165) is 19.3 Å². The molecule has 1 N–H and O–H groups in total. The van der Waals surface area contributed by atoms with Gasteiger partial charge in [-0.3, -0.25) is 14.4 Å². The Bertz CT molecular complexity index is 804. The van der Waals surface area contributed by atoms with Crippen molar-refractivity contribution in [3.8, 4) is 0 Å². The van der Waals surface area contributed by atoms with Crippen LogP contribution in [0.15, 0.2) is 4.42 Å². The van der Waals surface area contributed by atoms with E-state index in [1.54, 1.807) is 13.8 Å². The van der Waals surface area contributed by atoms with Crippen LogP contribution in [0.25, 0.3) is 0 Å². The summed E-state index contributed by atoms with van der Waals surface area (Å²) in [5, 5.41) is 2.90. The summed E-state index contributed by atoms with van der Waals surface area (Å²) >= 11 is 0. The third-order valence-electron chi connectivity index (χ3n) is 6.44. The number of nitrogens with one attached hydrogen (secondary N) is 1. The molecule has 0 radical (unpaired) electrons. The number of likely N-dealkylation sites (tertiary alicyclic amines) is 1. The molecule has 152 valence electrons. The van der Waals surface area contributed by atoms with E-state index in [0.29, 0.717) is 43.4 Å². The Kier molecular flexibility index (Phi) is 4.89. The van der Waals surface area contributed by atoms with Crippen LogP contribution in [0, 0.1) is 25.7 Å². The Balaban J connectivity index is 1.60. The normalized spacial score (nSPS) is 29.5. The van der Waals surface area contributed by atoms with Gasteiger partial charge in [-0.1, -0.05) is 0 Å². The average Bonchev–Trinajstić information content (AvgIpc) is 2.99. The molecule has 4 rings (SSSR count). The molecule has 4 heterocycles. The van der Waals surface area contributed by atoms with Crippen LogP contribution in [0.1, 0.15) is 54.7 Å². The Morgan fingerprint density at radius 1 is 1.25 bits per heavy atom. The summed E-state index contributed by atoms with van der Waals surface area (Å²) in [6.07, 6.45) is 3.41. The largest absolute Gasteiger partial charge is 0.436 e. The minimum atomic E-state index is -0.123. The van der Waals surface area contributed by atoms with Gasteiger partial charge in [0, 0.05) is 45.9 Å². The molecule has 8 heteroatoms. The molecule has 3 aliphatic rings. The second-order valence-electron chi connectivity index (χ2n) is 8.38. The summed E-state index contributed by atoms with van der Waals surface area (Å²) in [5.41, 5.74) is 0.613. The summed E-state index contributed by atoms with van der Waals surface area (Å²) in [4.78, 5) is 45.4. The molecule has 0 aliphatic carbocycles. The maximum atomic E-state index is 13.1. The Morgan fingerprint density at radius 2 is 2.00 bits per heavy atom. The molecule has 3 amide bonds. The van der Waals surface area contributed by atoms with E-state index in [-0.39, 0.29) is 41.6 Å². The molecule has 0 spiro atoms. The predicted octanol–water partition coefficient (Wildman–Crippen LogP) is 1.27. The van der Waals surface area contributed by atoms with Gasteiger partial charge in [-0.05, 0) is 38.0 Å². The van der Waals surface area contributed by atoms with Crippen LogP contribution in [0.5, 0.6) is 0 Å². The maximum absolute atomic E-state index is 13.1. The van der Waals surface area contributed by atoms with Crippen molar-refractivity contribution in [1.82, 2.24) is 20.1 Å². The van der Waals surface area contributed by atoms with Gasteiger partial charge in [-0.2, -0.15) is 0 Å². The first-order chi connectivity index (χ1) is 13.3. The van der Waals surface area contributed by atoms with E-state index in [9.17, 15) is 14.4 Å². The van der Waals surface area contributed by atoms with Crippen LogP contribution in [-0.4, -0.2) is 64.2 Å². The van der Waals surface area contributed by atoms with Gasteiger partial charge in [0.05, 0.1) is 11.7 Å². The van der Waals surface area contributed by atoms with E-state index in [1.807, 2.05) is 9.80 Å². The highest BCUT2D eigenvalue weighted by Gasteiger charge is 2.50. The van der Waals surface area contributed by atoms with Gasteiger partial charge in [0.15, 0.2) is 5.89 Å². The van der Waals surface area contributed by atoms with Gasteiger partial charge in [-0.25, -0.2) is 4.98 Å². The quantitative estimate of drug-likeness (QED) is 0.841. The summed E-state index contributed by atoms with van der Waals surface area (Å²) < 4.78 is 5.56. The van der Waals surface area contributed by atoms with E-state index >= 15 is 0 Å². The second kappa shape index (κ2) is 7.22. The van der Waals surface area contributed by atoms with Gasteiger partial charge < -0.3 is 19.5 Å². The minimum absolute atomic E-state index is 0.0638. The van der Waals surface area contributed by atoms with Gasteiger partial charge in [-0.15, -0.1) is 0 Å². The van der Waals surface area contributed by atoms with E-state index < -0.39 is 0 Å². The van der Waals surface area contributed by atoms with Crippen LogP contribution >= 0.6 is 0 Å². The zero-order valence-corrected chi connectivity index (χ0v) is 16.7. The number of aryl methyl sites for hydroxylation is 2. The van der Waals surface area contributed by atoms with E-state index in [2.05, 4.69) is 10.3 Å². The maximum Gasteiger partial charge on any atom is 0.291 e. The lowest BCUT2D eigenvalue weighted by Crippen LogP contribution is -2.67. The molecule has 0 unspecified atom stereocenters. The molecule has 3 aliphatic heterocycles. The average molecular weight is 388 g/mol. The number of hydrogen-bond donors (Lipinski definition) is 1. The lowest BCUT2D eigenvalue weighted by Gasteiger charge is -2.56. The van der Waals surface area contributed by atoms with Crippen molar-refractivity contribution in [2.45, 2.75) is 58.5 Å². The summed E-state index contributed by atoms with van der Waals surface area (Å²) in [6.45, 7) is 6.66. The first-order valence-electron chi connectivity index (χ1n) is 10.1. The van der Waals surface area contributed by atoms with Crippen LogP contribution in [0.2, 0.25) is 0 Å². The minimum Gasteiger partial charge on any atom is -0.436 e. The highest BCUT2D eigenvalue weighted by molar-refractivity contribution is 5.92. The van der Waals surface area contributed by atoms with Crippen LogP contribution in [0.3, 0.4) is 0 Å². The molecule has 3 fully saturated rings. The molecule has 1 aromatic rings. The Labute approximate surface area is 164 Å². The van der Waals surface area contributed by atoms with Crippen molar-refractivity contribution in [3.63, 3.8) is 0 Å². The lowest BCUT2D eigenvalue weighted by atomic mass is 9.72. The second-order valence-corrected chi connectivity index (χ2v) is 8.38. The van der Waals surface area contributed by atoms with Gasteiger partial charge in [0.2, 0.25) is 17.6 Å². The summed E-state index contributed by atoms with van der Waals surface area (Å²) in [7, 11) is 0. The number of rotatable bonds is 3. The van der Waals surface area contributed by atoms with Crippen molar-refractivity contribution >= 4 is 17.7 Å². The standard InChI is InChI=1S/C20H28N4O4/c1-11-19(28-13(3)22-11)20(27)23-9-14-7-15(10-23)17(8-21-12(2)25)24-16(14)5-4-6-18(24)26/h14-17H,4-10H2,1-3H3,(H,21,25)/t14-,15+,16+,17+/m1/s1. The number of aromatic nitrogens is 1. The Hall–Kier alpha value is -2.38. The van der Waals surface area contributed by atoms with Gasteiger partial charge >= 0.3 is 0 Å². The van der Waals surface area contributed by atoms with Crippen LogP contribution in [-0.2, 0) is 9.59 Å². The first kappa shape index (κ1) is 19.0. The van der Waals surface area contributed by atoms with E-state index in [4.69, 9.17) is 4.42 Å². The zero-order chi connectivity index (χ0) is 20.0. The number of piperidine rings is 3. The fourth-order valence-electron chi connectivity index (χ4n) is 5.33. The number of amides is 3. The summed E-state index contributed by atoms with van der Waals surface area (Å²) in [6, 6.07) is 0.0792. The molecular weight excluding hydrogens is 360 g/mol. The first-order valence-corrected chi connectivity index (χ1v) is 10.1. The molecule has 8 nitrogen and oxygen atoms in total. The fourth-order valence-corrected chi connectivity index (χ4v) is 5.33. The molecule has 0 saturated carbocycles. The molecule has 4 atom stereocenters. The van der Waals surface area contributed by atoms with Crippen LogP contribution < -0.4 is 5.32 Å². The lowest BCUT2D eigenvalue weighted by molar-refractivity contribution is -0.152. The molecular formula is C20H28N4O4. The number of carbonyl (C=O) groups excluding carboxylic acids is 3. The highest BCUT2D eigenvalue weighted by Crippen LogP contribution is 2.41. The van der Waals surface area contributed by atoms with Gasteiger partial charge in [0.25, 0.3) is 5.91 Å². The summed E-state index contributed by atoms with van der Waals surface area (Å²) in [5.74, 6) is 1.18. The Morgan fingerprint density at radius 3 is 2.68 bits per heavy atom. The van der Waals surface area contributed by atoms with Crippen molar-refractivity contribution in [3.05, 3.63) is 17.3 Å². The number of fused-ring (bicyclic) bond motifs is 4. The van der Waals surface area contributed by atoms with Gasteiger partial charge in [0.1, 0.15) is 0 Å².